The molecule has 0 bridgehead atoms. The van der Waals surface area contributed by atoms with Gasteiger partial charge in [0.15, 0.2) is 0 Å². The lowest BCUT2D eigenvalue weighted by Gasteiger charge is -2.36. The molecule has 0 unspecified atom stereocenters. The molecule has 3 aliphatic rings. The first-order valence-corrected chi connectivity index (χ1v) is 14.4. The van der Waals surface area contributed by atoms with Crippen molar-refractivity contribution in [1.29, 1.82) is 0 Å². The zero-order valence-corrected chi connectivity index (χ0v) is 22.2. The summed E-state index contributed by atoms with van der Waals surface area (Å²) in [5.74, 6) is 0.908. The van der Waals surface area contributed by atoms with Crippen molar-refractivity contribution in [3.63, 3.8) is 0 Å². The van der Waals surface area contributed by atoms with E-state index in [0.29, 0.717) is 12.1 Å². The van der Waals surface area contributed by atoms with Crippen LogP contribution in [-0.4, -0.2) is 49.7 Å². The molecule has 188 valence electrons. The second-order valence-corrected chi connectivity index (χ2v) is 12.0. The molecule has 1 N–H and O–H groups in total. The van der Waals surface area contributed by atoms with Crippen molar-refractivity contribution in [2.75, 3.05) is 26.8 Å². The fourth-order valence-corrected chi connectivity index (χ4v) is 7.14. The summed E-state index contributed by atoms with van der Waals surface area (Å²) < 4.78 is 5.52. The Kier molecular flexibility index (Phi) is 8.06. The zero-order valence-electron chi connectivity index (χ0n) is 21.4. The molecule has 5 heteroatoms. The first-order valence-electron chi connectivity index (χ1n) is 13.5. The number of hydrogen-bond acceptors (Lipinski definition) is 4. The molecule has 2 aliphatic carbocycles. The molecule has 1 amide bonds. The quantitative estimate of drug-likeness (QED) is 0.520. The van der Waals surface area contributed by atoms with Crippen molar-refractivity contribution >= 4 is 23.3 Å². The zero-order chi connectivity index (χ0) is 24.2. The number of hydrogen-bond donors (Lipinski definition) is 1. The average Bonchev–Trinajstić information content (AvgIpc) is 3.17. The Morgan fingerprint density at radius 2 is 1.80 bits per heavy atom. The number of rotatable bonds is 6. The largest absolute Gasteiger partial charge is 0.381 e. The standard InChI is InChI=1S/C30H40N2O2S/c1-21-6-10-23(11-7-21)29-19-25-18-24(4-3-5-28(25)35-29)30(33)31-26-12-8-22(9-13-26)20-32(2)27-14-16-34-17-15-27/h6-7,10-11,18-19,22,26-27H,3-5,8-9,12-17,20H2,1-2H3,(H,31,33). The molecule has 2 fully saturated rings. The van der Waals surface area contributed by atoms with Crippen LogP contribution < -0.4 is 5.32 Å². The fourth-order valence-electron chi connectivity index (χ4n) is 5.95. The van der Waals surface area contributed by atoms with E-state index in [1.165, 1.54) is 45.8 Å². The van der Waals surface area contributed by atoms with Crippen molar-refractivity contribution in [2.24, 2.45) is 5.92 Å². The van der Waals surface area contributed by atoms with E-state index in [4.69, 9.17) is 4.74 Å². The molecule has 35 heavy (non-hydrogen) atoms. The Labute approximate surface area is 214 Å². The third-order valence-electron chi connectivity index (χ3n) is 8.19. The first-order chi connectivity index (χ1) is 17.0. The van der Waals surface area contributed by atoms with Crippen LogP contribution in [0.15, 0.2) is 35.9 Å². The van der Waals surface area contributed by atoms with Gasteiger partial charge in [-0.3, -0.25) is 4.79 Å². The van der Waals surface area contributed by atoms with Crippen molar-refractivity contribution in [1.82, 2.24) is 10.2 Å². The number of thiophene rings is 1. The van der Waals surface area contributed by atoms with Gasteiger partial charge >= 0.3 is 0 Å². The molecule has 1 aromatic heterocycles. The van der Waals surface area contributed by atoms with Crippen LogP contribution in [-0.2, 0) is 16.0 Å². The van der Waals surface area contributed by atoms with Gasteiger partial charge in [0, 0.05) is 47.2 Å². The third kappa shape index (κ3) is 6.25. The van der Waals surface area contributed by atoms with Crippen LogP contribution >= 0.6 is 11.3 Å². The lowest BCUT2D eigenvalue weighted by Crippen LogP contribution is -2.42. The molecule has 1 aliphatic heterocycles. The smallest absolute Gasteiger partial charge is 0.247 e. The van der Waals surface area contributed by atoms with Gasteiger partial charge in [-0.15, -0.1) is 11.3 Å². The highest BCUT2D eigenvalue weighted by Crippen LogP contribution is 2.36. The van der Waals surface area contributed by atoms with Gasteiger partial charge in [-0.2, -0.15) is 0 Å². The van der Waals surface area contributed by atoms with E-state index in [1.807, 2.05) is 11.3 Å². The maximum Gasteiger partial charge on any atom is 0.247 e. The Bertz CT molecular complexity index is 1030. The molecule has 4 nitrogen and oxygen atoms in total. The minimum absolute atomic E-state index is 0.156. The van der Waals surface area contributed by atoms with Gasteiger partial charge in [-0.1, -0.05) is 29.8 Å². The Balaban J connectivity index is 1.15. The molecule has 1 aromatic carbocycles. The summed E-state index contributed by atoms with van der Waals surface area (Å²) in [6, 6.07) is 12.0. The fraction of sp³-hybridized carbons (Fsp3) is 0.567. The summed E-state index contributed by atoms with van der Waals surface area (Å²) in [5, 5.41) is 3.40. The summed E-state index contributed by atoms with van der Waals surface area (Å²) >= 11 is 1.88. The highest BCUT2D eigenvalue weighted by molar-refractivity contribution is 7.15. The van der Waals surface area contributed by atoms with Gasteiger partial charge in [-0.25, -0.2) is 0 Å². The molecule has 0 spiro atoms. The highest BCUT2D eigenvalue weighted by atomic mass is 32.1. The third-order valence-corrected chi connectivity index (χ3v) is 9.45. The van der Waals surface area contributed by atoms with E-state index in [1.54, 1.807) is 0 Å². The monoisotopic (exact) mass is 492 g/mol. The van der Waals surface area contributed by atoms with E-state index >= 15 is 0 Å². The summed E-state index contributed by atoms with van der Waals surface area (Å²) in [6.07, 6.45) is 12.1. The lowest BCUT2D eigenvalue weighted by atomic mass is 9.85. The molecule has 1 saturated carbocycles. The molecule has 1 saturated heterocycles. The van der Waals surface area contributed by atoms with E-state index in [0.717, 1.165) is 69.7 Å². The first kappa shape index (κ1) is 24.7. The van der Waals surface area contributed by atoms with Gasteiger partial charge in [0.05, 0.1) is 0 Å². The SMILES string of the molecule is Cc1ccc(-c2cc3c(s2)CCCC(C(=O)NC2CCC(CN(C)C4CCOCC4)CC2)=C3)cc1. The molecule has 2 aromatic rings. The molecular formula is C30H40N2O2S. The van der Waals surface area contributed by atoms with E-state index in [2.05, 4.69) is 60.6 Å². The second kappa shape index (κ2) is 11.4. The minimum Gasteiger partial charge on any atom is -0.381 e. The Hall–Kier alpha value is -1.95. The molecule has 2 heterocycles. The summed E-state index contributed by atoms with van der Waals surface area (Å²) in [6.45, 7) is 5.12. The van der Waals surface area contributed by atoms with Gasteiger partial charge in [0.25, 0.3) is 0 Å². The Morgan fingerprint density at radius 1 is 1.06 bits per heavy atom. The van der Waals surface area contributed by atoms with Crippen LogP contribution in [0.5, 0.6) is 0 Å². The Morgan fingerprint density at radius 3 is 2.54 bits per heavy atom. The number of carbonyl (C=O) groups is 1. The number of benzene rings is 1. The predicted octanol–water partition coefficient (Wildman–Crippen LogP) is 6.23. The average molecular weight is 493 g/mol. The number of carbonyl (C=O) groups excluding carboxylic acids is 1. The maximum absolute atomic E-state index is 13.2. The number of nitrogens with zero attached hydrogens (tertiary/aromatic N) is 1. The van der Waals surface area contributed by atoms with Gasteiger partial charge < -0.3 is 15.0 Å². The minimum atomic E-state index is 0.156. The number of ether oxygens (including phenoxy) is 1. The van der Waals surface area contributed by atoms with Crippen molar-refractivity contribution in [3.05, 3.63) is 51.9 Å². The van der Waals surface area contributed by atoms with Crippen LogP contribution in [0.2, 0.25) is 0 Å². The molecular weight excluding hydrogens is 452 g/mol. The van der Waals surface area contributed by atoms with Crippen molar-refractivity contribution < 1.29 is 9.53 Å². The maximum atomic E-state index is 13.2. The van der Waals surface area contributed by atoms with Crippen LogP contribution in [0.1, 0.15) is 67.4 Å². The molecule has 5 rings (SSSR count). The van der Waals surface area contributed by atoms with Crippen molar-refractivity contribution in [3.8, 4) is 10.4 Å². The van der Waals surface area contributed by atoms with Crippen LogP contribution in [0, 0.1) is 12.8 Å². The topological polar surface area (TPSA) is 41.6 Å². The number of aryl methyl sites for hydroxylation is 2. The van der Waals surface area contributed by atoms with Crippen LogP contribution in [0.3, 0.4) is 0 Å². The van der Waals surface area contributed by atoms with E-state index in [-0.39, 0.29) is 5.91 Å². The molecule has 0 radical (unpaired) electrons. The van der Waals surface area contributed by atoms with Crippen LogP contribution in [0.25, 0.3) is 16.5 Å². The summed E-state index contributed by atoms with van der Waals surface area (Å²) in [4.78, 5) is 18.5. The summed E-state index contributed by atoms with van der Waals surface area (Å²) in [5.41, 5.74) is 4.75. The highest BCUT2D eigenvalue weighted by Gasteiger charge is 2.27. The van der Waals surface area contributed by atoms with Crippen LogP contribution in [0.4, 0.5) is 0 Å². The molecule has 0 atom stereocenters. The second-order valence-electron chi connectivity index (χ2n) is 10.9. The van der Waals surface area contributed by atoms with Crippen molar-refractivity contribution in [2.45, 2.75) is 76.8 Å². The van der Waals surface area contributed by atoms with E-state index in [9.17, 15) is 4.79 Å². The number of nitrogens with one attached hydrogen (secondary N) is 1. The summed E-state index contributed by atoms with van der Waals surface area (Å²) in [7, 11) is 2.28. The number of fused-ring (bicyclic) bond motifs is 1. The lowest BCUT2D eigenvalue weighted by molar-refractivity contribution is -0.118. The van der Waals surface area contributed by atoms with E-state index < -0.39 is 0 Å². The van der Waals surface area contributed by atoms with Gasteiger partial charge in [-0.05, 0) is 101 Å². The van der Waals surface area contributed by atoms with Gasteiger partial charge in [0.1, 0.15) is 0 Å². The number of amides is 1. The normalized spacial score (nSPS) is 23.5. The predicted molar refractivity (Wildman–Crippen MR) is 146 cm³/mol. The van der Waals surface area contributed by atoms with Gasteiger partial charge in [0.2, 0.25) is 5.91 Å².